The van der Waals surface area contributed by atoms with E-state index in [-0.39, 0.29) is 5.75 Å². The van der Waals surface area contributed by atoms with Crippen molar-refractivity contribution in [2.75, 3.05) is 5.75 Å². The molecule has 0 saturated carbocycles. The van der Waals surface area contributed by atoms with Crippen LogP contribution in [-0.4, -0.2) is 42.9 Å². The summed E-state index contributed by atoms with van der Waals surface area (Å²) < 4.78 is 80.0. The Bertz CT molecular complexity index is 1190. The third-order valence-corrected chi connectivity index (χ3v) is 5.80. The van der Waals surface area contributed by atoms with Gasteiger partial charge in [-0.15, -0.1) is 0 Å². The molecule has 1 aliphatic carbocycles. The maximum absolute atomic E-state index is 13.1. The second kappa shape index (κ2) is 9.19. The highest BCUT2D eigenvalue weighted by Gasteiger charge is 2.46. The molecule has 1 aliphatic rings. The average Bonchev–Trinajstić information content (AvgIpc) is 3.10. The standard InChI is InChI=1S/C20H14F3IO7S/c21-20(22,23)17(10-32(27,28)29)31-19(26)15-8-6-12(24)9-16(15)30-18(25)14-7-5-11-3-1-2-4-13(11)14/h1-9,14,17H,10H2,(H,27,28,29). The van der Waals surface area contributed by atoms with Gasteiger partial charge in [0.1, 0.15) is 23.0 Å². The molecule has 0 heterocycles. The van der Waals surface area contributed by atoms with Crippen molar-refractivity contribution in [1.29, 1.82) is 0 Å². The van der Waals surface area contributed by atoms with Crippen LogP contribution in [0.25, 0.3) is 6.08 Å². The van der Waals surface area contributed by atoms with Crippen LogP contribution in [0.15, 0.2) is 48.5 Å². The van der Waals surface area contributed by atoms with Crippen molar-refractivity contribution < 1.29 is 45.2 Å². The number of halogens is 4. The minimum absolute atomic E-state index is 0.350. The van der Waals surface area contributed by atoms with Crippen molar-refractivity contribution in [2.24, 2.45) is 0 Å². The number of carbonyl (C=O) groups excluding carboxylic acids is 2. The molecule has 0 bridgehead atoms. The van der Waals surface area contributed by atoms with Gasteiger partial charge in [-0.1, -0.05) is 36.4 Å². The van der Waals surface area contributed by atoms with Crippen LogP contribution in [0.3, 0.4) is 0 Å². The fourth-order valence-electron chi connectivity index (χ4n) is 2.96. The molecule has 0 amide bonds. The largest absolute Gasteiger partial charge is 0.448 e. The van der Waals surface area contributed by atoms with Gasteiger partial charge in [-0.3, -0.25) is 9.35 Å². The highest BCUT2D eigenvalue weighted by molar-refractivity contribution is 14.1. The van der Waals surface area contributed by atoms with Crippen molar-refractivity contribution in [3.63, 3.8) is 0 Å². The second-order valence-corrected chi connectivity index (χ2v) is 9.45. The summed E-state index contributed by atoms with van der Waals surface area (Å²) in [4.78, 5) is 25.1. The topological polar surface area (TPSA) is 107 Å². The number of fused-ring (bicyclic) bond motifs is 1. The normalized spacial score (nSPS) is 16.3. The van der Waals surface area contributed by atoms with Gasteiger partial charge in [0, 0.05) is 3.57 Å². The Morgan fingerprint density at radius 3 is 2.50 bits per heavy atom. The van der Waals surface area contributed by atoms with E-state index >= 15 is 0 Å². The zero-order chi connectivity index (χ0) is 23.7. The molecule has 0 saturated heterocycles. The van der Waals surface area contributed by atoms with E-state index in [9.17, 15) is 31.2 Å². The molecule has 0 radical (unpaired) electrons. The Morgan fingerprint density at radius 2 is 1.84 bits per heavy atom. The van der Waals surface area contributed by atoms with E-state index in [2.05, 4.69) is 4.74 Å². The molecule has 32 heavy (non-hydrogen) atoms. The Hall–Kier alpha value is -2.45. The second-order valence-electron chi connectivity index (χ2n) is 6.71. The maximum atomic E-state index is 13.1. The number of alkyl halides is 3. The van der Waals surface area contributed by atoms with Crippen molar-refractivity contribution >= 4 is 50.7 Å². The van der Waals surface area contributed by atoms with Gasteiger partial charge in [0.2, 0.25) is 6.10 Å². The summed E-state index contributed by atoms with van der Waals surface area (Å²) in [5.74, 6) is -5.34. The van der Waals surface area contributed by atoms with Crippen molar-refractivity contribution in [1.82, 2.24) is 0 Å². The van der Waals surface area contributed by atoms with E-state index in [0.717, 1.165) is 11.6 Å². The van der Waals surface area contributed by atoms with Crippen LogP contribution in [0.1, 0.15) is 27.4 Å². The molecule has 12 heteroatoms. The van der Waals surface area contributed by atoms with Crippen molar-refractivity contribution in [2.45, 2.75) is 18.2 Å². The zero-order valence-corrected chi connectivity index (χ0v) is 18.8. The lowest BCUT2D eigenvalue weighted by molar-refractivity contribution is -0.197. The van der Waals surface area contributed by atoms with Crippen molar-refractivity contribution in [3.8, 4) is 5.75 Å². The summed E-state index contributed by atoms with van der Waals surface area (Å²) in [5.41, 5.74) is 0.950. The fraction of sp³-hybridized carbons (Fsp3) is 0.200. The third-order valence-electron chi connectivity index (χ3n) is 4.40. The van der Waals surface area contributed by atoms with Crippen LogP contribution in [0, 0.1) is 3.57 Å². The summed E-state index contributed by atoms with van der Waals surface area (Å²) in [5, 5.41) is 0. The monoisotopic (exact) mass is 582 g/mol. The van der Waals surface area contributed by atoms with Crippen LogP contribution in [0.4, 0.5) is 13.2 Å². The van der Waals surface area contributed by atoms with Gasteiger partial charge in [0.25, 0.3) is 10.1 Å². The maximum Gasteiger partial charge on any atom is 0.426 e. The van der Waals surface area contributed by atoms with Crippen molar-refractivity contribution in [3.05, 3.63) is 68.8 Å². The summed E-state index contributed by atoms with van der Waals surface area (Å²) in [7, 11) is -5.10. The van der Waals surface area contributed by atoms with Gasteiger partial charge in [-0.2, -0.15) is 21.6 Å². The Balaban J connectivity index is 1.85. The van der Waals surface area contributed by atoms with E-state index in [0.29, 0.717) is 9.13 Å². The number of ether oxygens (including phenoxy) is 2. The van der Waals surface area contributed by atoms with Gasteiger partial charge < -0.3 is 9.47 Å². The molecule has 2 unspecified atom stereocenters. The molecule has 2 atom stereocenters. The first-order valence-electron chi connectivity index (χ1n) is 8.86. The highest BCUT2D eigenvalue weighted by Crippen LogP contribution is 2.33. The van der Waals surface area contributed by atoms with Crippen LogP contribution < -0.4 is 4.74 Å². The zero-order valence-electron chi connectivity index (χ0n) is 15.9. The molecule has 0 aromatic heterocycles. The molecule has 3 rings (SSSR count). The number of rotatable bonds is 6. The number of hydrogen-bond donors (Lipinski definition) is 1. The highest BCUT2D eigenvalue weighted by atomic mass is 127. The van der Waals surface area contributed by atoms with Crippen LogP contribution in [0.5, 0.6) is 5.75 Å². The number of hydrogen-bond acceptors (Lipinski definition) is 6. The quantitative estimate of drug-likeness (QED) is 0.238. The van der Waals surface area contributed by atoms with Crippen LogP contribution >= 0.6 is 22.6 Å². The minimum atomic E-state index is -5.26. The first-order valence-corrected chi connectivity index (χ1v) is 11.5. The number of benzene rings is 2. The Morgan fingerprint density at radius 1 is 1.16 bits per heavy atom. The molecular weight excluding hydrogens is 568 g/mol. The first-order chi connectivity index (χ1) is 14.8. The summed E-state index contributed by atoms with van der Waals surface area (Å²) in [6.07, 6.45) is -5.07. The summed E-state index contributed by atoms with van der Waals surface area (Å²) >= 11 is 1.85. The van der Waals surface area contributed by atoms with Gasteiger partial charge >= 0.3 is 18.1 Å². The lowest BCUT2D eigenvalue weighted by atomic mass is 10.0. The van der Waals surface area contributed by atoms with Gasteiger partial charge in [-0.05, 0) is 51.9 Å². The average molecular weight is 582 g/mol. The summed E-state index contributed by atoms with van der Waals surface area (Å²) in [6.45, 7) is 0. The predicted octanol–water partition coefficient (Wildman–Crippen LogP) is 3.98. The Labute approximate surface area is 194 Å². The molecule has 7 nitrogen and oxygen atoms in total. The van der Waals surface area contributed by atoms with Crippen LogP contribution in [-0.2, 0) is 19.6 Å². The molecule has 0 fully saturated rings. The van der Waals surface area contributed by atoms with Gasteiger partial charge in [-0.25, -0.2) is 4.79 Å². The third kappa shape index (κ3) is 5.86. The molecule has 1 N–H and O–H groups in total. The molecule has 170 valence electrons. The lowest BCUT2D eigenvalue weighted by Gasteiger charge is -2.20. The van der Waals surface area contributed by atoms with Crippen LogP contribution in [0.2, 0.25) is 0 Å². The van der Waals surface area contributed by atoms with E-state index < -0.39 is 51.6 Å². The van der Waals surface area contributed by atoms with E-state index in [1.165, 1.54) is 12.1 Å². The minimum Gasteiger partial charge on any atom is -0.448 e. The molecule has 0 spiro atoms. The predicted molar refractivity (Wildman–Crippen MR) is 115 cm³/mol. The first kappa shape index (κ1) is 24.2. The van der Waals surface area contributed by atoms with Gasteiger partial charge in [0.15, 0.2) is 0 Å². The molecule has 2 aromatic carbocycles. The number of esters is 2. The van der Waals surface area contributed by atoms with Gasteiger partial charge in [0.05, 0.1) is 0 Å². The molecule has 0 aliphatic heterocycles. The SMILES string of the molecule is O=C(OC(CS(=O)(=O)O)C(F)(F)F)c1ccc(I)cc1OC(=O)C1C=Cc2ccccc21. The van der Waals surface area contributed by atoms with E-state index in [1.54, 1.807) is 36.4 Å². The lowest BCUT2D eigenvalue weighted by Crippen LogP contribution is -2.39. The van der Waals surface area contributed by atoms with E-state index in [4.69, 9.17) is 9.29 Å². The fourth-order valence-corrected chi connectivity index (χ4v) is 4.06. The molecule has 2 aromatic rings. The number of carbonyl (C=O) groups is 2. The smallest absolute Gasteiger partial charge is 0.426 e. The molecular formula is C20H14F3IO7S. The van der Waals surface area contributed by atoms with E-state index in [1.807, 2.05) is 22.6 Å². The Kier molecular flexibility index (Phi) is 6.95. The summed E-state index contributed by atoms with van der Waals surface area (Å²) in [6, 6.07) is 10.7.